The van der Waals surface area contributed by atoms with Gasteiger partial charge in [0.15, 0.2) is 5.82 Å². The second-order valence-electron chi connectivity index (χ2n) is 9.44. The van der Waals surface area contributed by atoms with Crippen LogP contribution in [0.3, 0.4) is 0 Å². The Bertz CT molecular complexity index is 1410. The molecule has 2 aliphatic heterocycles. The third-order valence-electron chi connectivity index (χ3n) is 6.75. The summed E-state index contributed by atoms with van der Waals surface area (Å²) in [5.74, 6) is 1.39. The van der Waals surface area contributed by atoms with Crippen LogP contribution in [0.15, 0.2) is 54.9 Å². The second kappa shape index (κ2) is 10.7. The number of ether oxygens (including phenoxy) is 2. The van der Waals surface area contributed by atoms with Crippen molar-refractivity contribution in [3.05, 3.63) is 60.7 Å². The molecule has 0 aliphatic carbocycles. The minimum absolute atomic E-state index is 0.153. The predicted octanol–water partition coefficient (Wildman–Crippen LogP) is 3.85. The Kier molecular flexibility index (Phi) is 6.92. The normalized spacial score (nSPS) is 18.8. The summed E-state index contributed by atoms with van der Waals surface area (Å²) >= 11 is 0. The number of rotatable bonds is 6. The van der Waals surface area contributed by atoms with Crippen LogP contribution in [0.5, 0.6) is 5.75 Å². The number of para-hydroxylation sites is 2. The fourth-order valence-electron chi connectivity index (χ4n) is 4.82. The first kappa shape index (κ1) is 25.3. The zero-order chi connectivity index (χ0) is 26.8. The molecule has 0 radical (unpaired) electrons. The molecule has 2 aromatic carbocycles. The number of nitrogens with zero attached hydrogens (tertiary/aromatic N) is 6. The molecule has 4 aromatic rings. The molecular formula is C26H27F3N8O2. The third kappa shape index (κ3) is 5.88. The fraction of sp³-hybridized carbons (Fsp3) is 0.385. The average Bonchev–Trinajstić information content (AvgIpc) is 3.38. The van der Waals surface area contributed by atoms with Crippen LogP contribution in [0.4, 0.5) is 24.8 Å². The monoisotopic (exact) mass is 540 g/mol. The lowest BCUT2D eigenvalue weighted by molar-refractivity contribution is -0.274. The number of hydrogen-bond donors (Lipinski definition) is 2. The number of piperidine rings is 1. The summed E-state index contributed by atoms with van der Waals surface area (Å²) in [6.45, 7) is 3.38. The van der Waals surface area contributed by atoms with Gasteiger partial charge in [0.2, 0.25) is 11.9 Å². The van der Waals surface area contributed by atoms with E-state index >= 15 is 0 Å². The Morgan fingerprint density at radius 3 is 2.49 bits per heavy atom. The molecule has 2 N–H and O–H groups in total. The molecule has 2 fully saturated rings. The van der Waals surface area contributed by atoms with Crippen LogP contribution in [0.2, 0.25) is 0 Å². The van der Waals surface area contributed by atoms with E-state index in [0.717, 1.165) is 36.1 Å². The molecule has 10 nitrogen and oxygen atoms in total. The number of aromatic nitrogens is 5. The molecule has 2 aromatic heterocycles. The van der Waals surface area contributed by atoms with Gasteiger partial charge < -0.3 is 25.0 Å². The van der Waals surface area contributed by atoms with Gasteiger partial charge in [-0.15, -0.1) is 13.2 Å². The number of alkyl halides is 3. The minimum Gasteiger partial charge on any atom is -0.406 e. The van der Waals surface area contributed by atoms with E-state index in [2.05, 4.69) is 25.3 Å². The molecule has 2 saturated heterocycles. The lowest BCUT2D eigenvalue weighted by Gasteiger charge is -2.33. The minimum atomic E-state index is -4.71. The molecule has 1 unspecified atom stereocenters. The maximum absolute atomic E-state index is 12.4. The molecule has 6 rings (SSSR count). The van der Waals surface area contributed by atoms with Crippen LogP contribution in [-0.2, 0) is 4.74 Å². The number of imidazole rings is 1. The van der Waals surface area contributed by atoms with Crippen molar-refractivity contribution in [3.8, 4) is 11.7 Å². The number of anilines is 2. The second-order valence-corrected chi connectivity index (χ2v) is 9.44. The summed E-state index contributed by atoms with van der Waals surface area (Å²) in [5.41, 5.74) is 2.49. The topological polar surface area (TPSA) is 102 Å². The zero-order valence-electron chi connectivity index (χ0n) is 20.9. The maximum atomic E-state index is 12.4. The Morgan fingerprint density at radius 1 is 0.974 bits per heavy atom. The molecule has 1 atom stereocenters. The first-order valence-corrected chi connectivity index (χ1v) is 12.8. The van der Waals surface area contributed by atoms with E-state index < -0.39 is 6.36 Å². The first-order chi connectivity index (χ1) is 18.9. The summed E-state index contributed by atoms with van der Waals surface area (Å²) in [6, 6.07) is 13.8. The van der Waals surface area contributed by atoms with Crippen LogP contribution in [0, 0.1) is 0 Å². The van der Waals surface area contributed by atoms with Crippen molar-refractivity contribution in [1.82, 2.24) is 29.8 Å². The molecule has 13 heteroatoms. The zero-order valence-corrected chi connectivity index (χ0v) is 20.9. The van der Waals surface area contributed by atoms with Crippen molar-refractivity contribution < 1.29 is 22.6 Å². The molecular weight excluding hydrogens is 513 g/mol. The van der Waals surface area contributed by atoms with Crippen molar-refractivity contribution in [2.24, 2.45) is 0 Å². The van der Waals surface area contributed by atoms with Gasteiger partial charge in [0, 0.05) is 37.9 Å². The molecule has 4 heterocycles. The van der Waals surface area contributed by atoms with Crippen molar-refractivity contribution >= 4 is 22.7 Å². The lowest BCUT2D eigenvalue weighted by Crippen LogP contribution is -2.40. The third-order valence-corrected chi connectivity index (χ3v) is 6.75. The highest BCUT2D eigenvalue weighted by Gasteiger charge is 2.31. The Balaban J connectivity index is 1.19. The van der Waals surface area contributed by atoms with Gasteiger partial charge in [-0.05, 0) is 49.2 Å². The van der Waals surface area contributed by atoms with Crippen molar-refractivity contribution in [1.29, 1.82) is 0 Å². The smallest absolute Gasteiger partial charge is 0.406 e. The largest absolute Gasteiger partial charge is 0.573 e. The van der Waals surface area contributed by atoms with Crippen molar-refractivity contribution in [2.75, 3.05) is 43.0 Å². The molecule has 0 spiro atoms. The standard InChI is InChI=1S/C26H27F3N8O2/c27-26(28,29)39-19-7-5-17(6-8-19)32-18-9-12-36(13-10-18)24-33-23(22-15-30-11-14-38-22)34-25(35-24)37-16-31-20-3-1-2-4-21(20)37/h1-8,16,18,22,30,32H,9-15H2. The predicted molar refractivity (Wildman–Crippen MR) is 138 cm³/mol. The fourth-order valence-corrected chi connectivity index (χ4v) is 4.82. The summed E-state index contributed by atoms with van der Waals surface area (Å²) in [4.78, 5) is 21.0. The molecule has 0 saturated carbocycles. The van der Waals surface area contributed by atoms with Gasteiger partial charge in [0.25, 0.3) is 0 Å². The van der Waals surface area contributed by atoms with Crippen LogP contribution in [0.25, 0.3) is 17.0 Å². The summed E-state index contributed by atoms with van der Waals surface area (Å²) in [6.07, 6.45) is -1.67. The summed E-state index contributed by atoms with van der Waals surface area (Å²) in [5, 5.41) is 6.73. The highest BCUT2D eigenvalue weighted by Crippen LogP contribution is 2.27. The van der Waals surface area contributed by atoms with E-state index in [1.54, 1.807) is 18.5 Å². The number of fused-ring (bicyclic) bond motifs is 1. The number of nitrogens with one attached hydrogen (secondary N) is 2. The van der Waals surface area contributed by atoms with Gasteiger partial charge in [-0.1, -0.05) is 12.1 Å². The van der Waals surface area contributed by atoms with E-state index in [1.807, 2.05) is 28.8 Å². The van der Waals surface area contributed by atoms with Gasteiger partial charge >= 0.3 is 6.36 Å². The number of hydrogen-bond acceptors (Lipinski definition) is 9. The summed E-state index contributed by atoms with van der Waals surface area (Å²) < 4.78 is 49.0. The maximum Gasteiger partial charge on any atom is 0.573 e. The van der Waals surface area contributed by atoms with Crippen LogP contribution in [-0.4, -0.2) is 69.7 Å². The van der Waals surface area contributed by atoms with Gasteiger partial charge in [-0.25, -0.2) is 4.98 Å². The highest BCUT2D eigenvalue weighted by atomic mass is 19.4. The Hall–Kier alpha value is -3.97. The average molecular weight is 541 g/mol. The molecule has 0 amide bonds. The Morgan fingerprint density at radius 2 is 1.74 bits per heavy atom. The van der Waals surface area contributed by atoms with Crippen LogP contribution in [0.1, 0.15) is 24.8 Å². The summed E-state index contributed by atoms with van der Waals surface area (Å²) in [7, 11) is 0. The van der Waals surface area contributed by atoms with E-state index in [0.29, 0.717) is 44.0 Å². The van der Waals surface area contributed by atoms with E-state index in [9.17, 15) is 13.2 Å². The quantitative estimate of drug-likeness (QED) is 0.378. The van der Waals surface area contributed by atoms with Crippen LogP contribution < -0.4 is 20.3 Å². The number of halogens is 3. The first-order valence-electron chi connectivity index (χ1n) is 12.8. The molecule has 204 valence electrons. The molecule has 39 heavy (non-hydrogen) atoms. The highest BCUT2D eigenvalue weighted by molar-refractivity contribution is 5.76. The lowest BCUT2D eigenvalue weighted by atomic mass is 10.0. The molecule has 0 bridgehead atoms. The van der Waals surface area contributed by atoms with Gasteiger partial charge in [0.1, 0.15) is 18.2 Å². The SMILES string of the molecule is FC(F)(F)Oc1ccc(NC2CCN(c3nc(C4CNCCO4)nc(-n4cnc5ccccc54)n3)CC2)cc1. The van der Waals surface area contributed by atoms with E-state index in [4.69, 9.17) is 19.7 Å². The van der Waals surface area contributed by atoms with Crippen molar-refractivity contribution in [3.63, 3.8) is 0 Å². The Labute approximate surface area is 222 Å². The van der Waals surface area contributed by atoms with Crippen molar-refractivity contribution in [2.45, 2.75) is 31.3 Å². The number of benzene rings is 2. The van der Waals surface area contributed by atoms with Crippen LogP contribution >= 0.6 is 0 Å². The van der Waals surface area contributed by atoms with Gasteiger partial charge in [-0.2, -0.15) is 15.0 Å². The van der Waals surface area contributed by atoms with E-state index in [-0.39, 0.29) is 17.9 Å². The van der Waals surface area contributed by atoms with E-state index in [1.165, 1.54) is 12.1 Å². The molecule has 2 aliphatic rings. The van der Waals surface area contributed by atoms with Gasteiger partial charge in [-0.3, -0.25) is 4.57 Å². The van der Waals surface area contributed by atoms with Gasteiger partial charge in [0.05, 0.1) is 17.6 Å². The number of morpholine rings is 1.